The predicted octanol–water partition coefficient (Wildman–Crippen LogP) is 4.52. The van der Waals surface area contributed by atoms with Crippen molar-refractivity contribution in [2.75, 3.05) is 13.7 Å². The first-order chi connectivity index (χ1) is 16.7. The van der Waals surface area contributed by atoms with Gasteiger partial charge < -0.3 is 13.9 Å². The number of carbonyl (C=O) groups is 1. The second-order valence-electron chi connectivity index (χ2n) is 6.92. The second kappa shape index (κ2) is 11.6. The molecule has 0 aliphatic carbocycles. The third kappa shape index (κ3) is 6.21. The molecular formula is C22H17BrClN5O6. The molecule has 0 spiro atoms. The van der Waals surface area contributed by atoms with E-state index in [0.717, 1.165) is 0 Å². The summed E-state index contributed by atoms with van der Waals surface area (Å²) in [5.74, 6) is -0.135. The van der Waals surface area contributed by atoms with Crippen molar-refractivity contribution in [3.05, 3.63) is 72.5 Å². The molecule has 0 saturated carbocycles. The average Bonchev–Trinajstić information content (AvgIpc) is 3.29. The first-order valence-electron chi connectivity index (χ1n) is 9.82. The number of aryl methyl sites for hydroxylation is 1. The van der Waals surface area contributed by atoms with Crippen LogP contribution in [0.1, 0.15) is 22.6 Å². The van der Waals surface area contributed by atoms with Crippen LogP contribution in [0.15, 0.2) is 44.3 Å². The molecule has 0 fully saturated rings. The molecule has 0 atom stereocenters. The summed E-state index contributed by atoms with van der Waals surface area (Å²) >= 11 is 9.21. The average molecular weight is 563 g/mol. The summed E-state index contributed by atoms with van der Waals surface area (Å²) in [6.45, 7) is 1.43. The molecule has 0 saturated heterocycles. The fraction of sp³-hybridized carbons (Fsp3) is 0.182. The Bertz CT molecular complexity index is 1350. The SMILES string of the molecule is COCc1c(Br)c(C)nc(OCC(=O)N/N=C\c2ccc(-c3ccc(Cl)cc3[N+](=O)[O-])o2)c1C#N. The fourth-order valence-electron chi connectivity index (χ4n) is 2.98. The van der Waals surface area contributed by atoms with Crippen molar-refractivity contribution in [1.82, 2.24) is 10.4 Å². The molecule has 13 heteroatoms. The molecule has 0 bridgehead atoms. The smallest absolute Gasteiger partial charge is 0.281 e. The Balaban J connectivity index is 1.65. The van der Waals surface area contributed by atoms with Gasteiger partial charge in [-0.25, -0.2) is 10.4 Å². The number of nitro groups is 1. The number of ether oxygens (including phenoxy) is 2. The van der Waals surface area contributed by atoms with Crippen LogP contribution in [0.2, 0.25) is 5.02 Å². The van der Waals surface area contributed by atoms with Crippen molar-refractivity contribution in [3.8, 4) is 23.3 Å². The number of hydrazone groups is 1. The van der Waals surface area contributed by atoms with Crippen molar-refractivity contribution >= 4 is 45.3 Å². The zero-order chi connectivity index (χ0) is 25.5. The maximum Gasteiger partial charge on any atom is 0.281 e. The first-order valence-corrected chi connectivity index (χ1v) is 11.0. The monoisotopic (exact) mass is 561 g/mol. The number of amides is 1. The molecule has 0 aliphatic heterocycles. The number of furan rings is 1. The van der Waals surface area contributed by atoms with Crippen LogP contribution in [-0.4, -0.2) is 35.7 Å². The molecule has 3 aromatic rings. The van der Waals surface area contributed by atoms with Gasteiger partial charge in [0, 0.05) is 28.2 Å². The van der Waals surface area contributed by atoms with E-state index in [1.807, 2.05) is 6.07 Å². The molecular weight excluding hydrogens is 546 g/mol. The standard InChI is InChI=1S/C22H17BrClN5O6/c1-12-21(23)17(10-33-2)16(8-25)22(27-12)34-11-20(30)28-26-9-14-4-6-19(35-14)15-5-3-13(24)7-18(15)29(31)32/h3-7,9H,10-11H2,1-2H3,(H,28,30)/b26-9-. The zero-order valence-corrected chi connectivity index (χ0v) is 20.7. The Hall–Kier alpha value is -3.79. The number of hydrogen-bond acceptors (Lipinski definition) is 9. The van der Waals surface area contributed by atoms with E-state index >= 15 is 0 Å². The number of carbonyl (C=O) groups excluding carboxylic acids is 1. The summed E-state index contributed by atoms with van der Waals surface area (Å²) in [6.07, 6.45) is 1.22. The molecule has 0 unspecified atom stereocenters. The van der Waals surface area contributed by atoms with E-state index in [0.29, 0.717) is 15.7 Å². The van der Waals surface area contributed by atoms with Gasteiger partial charge in [0.15, 0.2) is 6.61 Å². The van der Waals surface area contributed by atoms with E-state index < -0.39 is 17.4 Å². The lowest BCUT2D eigenvalue weighted by molar-refractivity contribution is -0.384. The van der Waals surface area contributed by atoms with Crippen LogP contribution in [0.5, 0.6) is 5.88 Å². The van der Waals surface area contributed by atoms with Gasteiger partial charge in [-0.2, -0.15) is 10.4 Å². The lowest BCUT2D eigenvalue weighted by Gasteiger charge is -2.13. The van der Waals surface area contributed by atoms with Gasteiger partial charge >= 0.3 is 0 Å². The predicted molar refractivity (Wildman–Crippen MR) is 129 cm³/mol. The Morgan fingerprint density at radius 3 is 2.89 bits per heavy atom. The number of benzene rings is 1. The number of nitrogens with one attached hydrogen (secondary N) is 1. The number of rotatable bonds is 9. The number of pyridine rings is 1. The van der Waals surface area contributed by atoms with Gasteiger partial charge in [-0.3, -0.25) is 14.9 Å². The molecule has 0 aliphatic rings. The maximum absolute atomic E-state index is 12.1. The van der Waals surface area contributed by atoms with E-state index in [-0.39, 0.29) is 45.8 Å². The van der Waals surface area contributed by atoms with Crippen molar-refractivity contribution in [3.63, 3.8) is 0 Å². The van der Waals surface area contributed by atoms with Crippen LogP contribution in [0.4, 0.5) is 5.69 Å². The van der Waals surface area contributed by atoms with Crippen LogP contribution in [0.3, 0.4) is 0 Å². The number of nitro benzene ring substituents is 1. The van der Waals surface area contributed by atoms with Gasteiger partial charge in [0.2, 0.25) is 5.88 Å². The topological polar surface area (TPSA) is 153 Å². The highest BCUT2D eigenvalue weighted by Crippen LogP contribution is 2.33. The summed E-state index contributed by atoms with van der Waals surface area (Å²) in [4.78, 5) is 27.1. The number of nitrogens with zero attached hydrogens (tertiary/aromatic N) is 4. The minimum absolute atomic E-state index is 0.000357. The summed E-state index contributed by atoms with van der Waals surface area (Å²) in [6, 6.07) is 9.30. The minimum atomic E-state index is -0.610. The molecule has 1 amide bonds. The van der Waals surface area contributed by atoms with Gasteiger partial charge in [-0.15, -0.1) is 0 Å². The third-order valence-corrected chi connectivity index (χ3v) is 5.83. The van der Waals surface area contributed by atoms with Gasteiger partial charge in [-0.05, 0) is 47.1 Å². The fourth-order valence-corrected chi connectivity index (χ4v) is 3.55. The Morgan fingerprint density at radius 2 is 2.20 bits per heavy atom. The largest absolute Gasteiger partial charge is 0.467 e. The van der Waals surface area contributed by atoms with Crippen molar-refractivity contribution in [2.45, 2.75) is 13.5 Å². The highest BCUT2D eigenvalue weighted by molar-refractivity contribution is 9.10. The van der Waals surface area contributed by atoms with E-state index in [4.69, 9.17) is 25.5 Å². The van der Waals surface area contributed by atoms with Crippen LogP contribution in [0, 0.1) is 28.4 Å². The molecule has 0 radical (unpaired) electrons. The summed E-state index contributed by atoms with van der Waals surface area (Å²) < 4.78 is 16.7. The number of aromatic nitrogens is 1. The Labute approximate surface area is 212 Å². The highest BCUT2D eigenvalue weighted by atomic mass is 79.9. The number of nitriles is 1. The highest BCUT2D eigenvalue weighted by Gasteiger charge is 2.20. The quantitative estimate of drug-likeness (QED) is 0.227. The molecule has 11 nitrogen and oxygen atoms in total. The molecule has 1 aromatic carbocycles. The number of halogens is 2. The molecule has 2 heterocycles. The van der Waals surface area contributed by atoms with Gasteiger partial charge in [-0.1, -0.05) is 11.6 Å². The number of hydrogen-bond donors (Lipinski definition) is 1. The van der Waals surface area contributed by atoms with Crippen LogP contribution < -0.4 is 10.2 Å². The van der Waals surface area contributed by atoms with Crippen LogP contribution >= 0.6 is 27.5 Å². The lowest BCUT2D eigenvalue weighted by atomic mass is 10.1. The summed E-state index contributed by atoms with van der Waals surface area (Å²) in [5.41, 5.74) is 3.59. The van der Waals surface area contributed by atoms with E-state index in [9.17, 15) is 20.2 Å². The lowest BCUT2D eigenvalue weighted by Crippen LogP contribution is -2.25. The maximum atomic E-state index is 12.1. The normalized spacial score (nSPS) is 10.8. The first kappa shape index (κ1) is 25.8. The minimum Gasteiger partial charge on any atom is -0.467 e. The number of methoxy groups -OCH3 is 1. The van der Waals surface area contributed by atoms with Gasteiger partial charge in [0.25, 0.3) is 11.6 Å². The Morgan fingerprint density at radius 1 is 1.43 bits per heavy atom. The zero-order valence-electron chi connectivity index (χ0n) is 18.4. The van der Waals surface area contributed by atoms with Gasteiger partial charge in [0.1, 0.15) is 23.2 Å². The summed E-state index contributed by atoms with van der Waals surface area (Å²) in [7, 11) is 1.49. The molecule has 180 valence electrons. The van der Waals surface area contributed by atoms with Crippen LogP contribution in [0.25, 0.3) is 11.3 Å². The van der Waals surface area contributed by atoms with E-state index in [1.54, 1.807) is 6.92 Å². The molecule has 2 aromatic heterocycles. The second-order valence-corrected chi connectivity index (χ2v) is 8.15. The van der Waals surface area contributed by atoms with Gasteiger partial charge in [0.05, 0.1) is 29.0 Å². The molecule has 35 heavy (non-hydrogen) atoms. The Kier molecular flexibility index (Phi) is 8.53. The van der Waals surface area contributed by atoms with Crippen molar-refractivity contribution in [2.24, 2.45) is 5.10 Å². The third-order valence-electron chi connectivity index (χ3n) is 4.54. The van der Waals surface area contributed by atoms with Crippen molar-refractivity contribution in [1.29, 1.82) is 5.26 Å². The van der Waals surface area contributed by atoms with Crippen molar-refractivity contribution < 1.29 is 23.6 Å². The van der Waals surface area contributed by atoms with E-state index in [1.165, 1.54) is 43.7 Å². The summed E-state index contributed by atoms with van der Waals surface area (Å²) in [5, 5.41) is 24.8. The molecule has 1 N–H and O–H groups in total. The molecule has 3 rings (SSSR count). The van der Waals surface area contributed by atoms with Crippen LogP contribution in [-0.2, 0) is 16.1 Å². The van der Waals surface area contributed by atoms with E-state index in [2.05, 4.69) is 31.4 Å².